The number of hydrogen-bond acceptors (Lipinski definition) is 6. The molecule has 0 atom stereocenters. The van der Waals surface area contributed by atoms with Crippen LogP contribution in [-0.2, 0) is 26.9 Å². The number of aliphatic carboxylic acids is 1. The van der Waals surface area contributed by atoms with Crippen LogP contribution in [0.3, 0.4) is 0 Å². The van der Waals surface area contributed by atoms with Gasteiger partial charge in [-0.25, -0.2) is 8.42 Å². The Bertz CT molecular complexity index is 551. The van der Waals surface area contributed by atoms with Crippen LogP contribution in [0.25, 0.3) is 0 Å². The summed E-state index contributed by atoms with van der Waals surface area (Å²) < 4.78 is 24.3. The van der Waals surface area contributed by atoms with E-state index in [9.17, 15) is 13.2 Å². The van der Waals surface area contributed by atoms with Gasteiger partial charge in [0.05, 0.1) is 5.75 Å². The average Bonchev–Trinajstić information content (AvgIpc) is 2.55. The topological polar surface area (TPSA) is 102 Å². The zero-order valence-electron chi connectivity index (χ0n) is 11.0. The van der Waals surface area contributed by atoms with Crippen LogP contribution in [0.15, 0.2) is 5.16 Å². The maximum Gasteiger partial charge on any atom is 0.313 e. The van der Waals surface area contributed by atoms with Crippen LogP contribution < -0.4 is 0 Å². The Labute approximate surface area is 116 Å². The Morgan fingerprint density at radius 2 is 2.05 bits per heavy atom. The standard InChI is InChI=1S/C10H17N3O4S2/c1-7(2)4-13-8(6-19(3,16)17)11-12-10(13)18-5-9(14)15/h7H,4-6H2,1-3H3,(H,14,15). The van der Waals surface area contributed by atoms with Gasteiger partial charge in [-0.1, -0.05) is 25.6 Å². The molecule has 0 unspecified atom stereocenters. The number of nitrogens with zero attached hydrogens (tertiary/aromatic N) is 3. The maximum atomic E-state index is 11.3. The number of thioether (sulfide) groups is 1. The summed E-state index contributed by atoms with van der Waals surface area (Å²) in [7, 11) is -3.20. The molecule has 0 bridgehead atoms. The van der Waals surface area contributed by atoms with Gasteiger partial charge in [-0.15, -0.1) is 10.2 Å². The fourth-order valence-corrected chi connectivity index (χ4v) is 2.81. The van der Waals surface area contributed by atoms with E-state index < -0.39 is 15.8 Å². The summed E-state index contributed by atoms with van der Waals surface area (Å²) >= 11 is 1.04. The van der Waals surface area contributed by atoms with E-state index in [4.69, 9.17) is 5.11 Å². The predicted molar refractivity (Wildman–Crippen MR) is 71.8 cm³/mol. The number of rotatable bonds is 7. The number of sulfone groups is 1. The van der Waals surface area contributed by atoms with E-state index in [0.717, 1.165) is 18.0 Å². The van der Waals surface area contributed by atoms with Crippen molar-refractivity contribution in [2.75, 3.05) is 12.0 Å². The molecular formula is C10H17N3O4S2. The summed E-state index contributed by atoms with van der Waals surface area (Å²) in [4.78, 5) is 10.6. The molecule has 0 saturated carbocycles. The van der Waals surface area contributed by atoms with E-state index in [-0.39, 0.29) is 17.4 Å². The van der Waals surface area contributed by atoms with E-state index in [1.807, 2.05) is 13.8 Å². The van der Waals surface area contributed by atoms with E-state index in [1.165, 1.54) is 0 Å². The molecule has 0 amide bonds. The maximum absolute atomic E-state index is 11.3. The molecule has 0 aliphatic rings. The van der Waals surface area contributed by atoms with E-state index in [1.54, 1.807) is 4.57 Å². The molecule has 0 aromatic carbocycles. The largest absolute Gasteiger partial charge is 0.481 e. The molecule has 1 heterocycles. The second-order valence-electron chi connectivity index (χ2n) is 4.66. The highest BCUT2D eigenvalue weighted by atomic mass is 32.2. The highest BCUT2D eigenvalue weighted by Gasteiger charge is 2.18. The van der Waals surface area contributed by atoms with Crippen molar-refractivity contribution in [2.24, 2.45) is 5.92 Å². The molecule has 9 heteroatoms. The smallest absolute Gasteiger partial charge is 0.313 e. The fraction of sp³-hybridized carbons (Fsp3) is 0.700. The Balaban J connectivity index is 3.00. The first-order chi connectivity index (χ1) is 8.69. The summed E-state index contributed by atoms with van der Waals surface area (Å²) in [6.07, 6.45) is 1.13. The number of carboxylic acid groups (broad SMARTS) is 1. The molecule has 0 aliphatic carbocycles. The first-order valence-corrected chi connectivity index (χ1v) is 8.68. The summed E-state index contributed by atoms with van der Waals surface area (Å²) in [6.45, 7) is 4.52. The van der Waals surface area contributed by atoms with Crippen LogP contribution in [0.4, 0.5) is 0 Å². The lowest BCUT2D eigenvalue weighted by molar-refractivity contribution is -0.133. The molecule has 1 aromatic rings. The van der Waals surface area contributed by atoms with E-state index in [2.05, 4.69) is 10.2 Å². The Kier molecular flexibility index (Phi) is 5.36. The van der Waals surface area contributed by atoms with Crippen molar-refractivity contribution in [1.82, 2.24) is 14.8 Å². The molecular weight excluding hydrogens is 290 g/mol. The van der Waals surface area contributed by atoms with Gasteiger partial charge >= 0.3 is 5.97 Å². The van der Waals surface area contributed by atoms with Crippen molar-refractivity contribution in [3.63, 3.8) is 0 Å². The zero-order valence-corrected chi connectivity index (χ0v) is 12.7. The van der Waals surface area contributed by atoms with Crippen LogP contribution in [-0.4, -0.2) is 46.3 Å². The molecule has 7 nitrogen and oxygen atoms in total. The summed E-state index contributed by atoms with van der Waals surface area (Å²) in [5.41, 5.74) is 0. The molecule has 0 saturated heterocycles. The molecule has 0 spiro atoms. The summed E-state index contributed by atoms with van der Waals surface area (Å²) in [5.74, 6) is -0.647. The molecule has 0 aliphatic heterocycles. The van der Waals surface area contributed by atoms with Gasteiger partial charge < -0.3 is 9.67 Å². The van der Waals surface area contributed by atoms with Crippen LogP contribution in [0.2, 0.25) is 0 Å². The monoisotopic (exact) mass is 307 g/mol. The first kappa shape index (κ1) is 16.0. The van der Waals surface area contributed by atoms with Crippen LogP contribution in [0.5, 0.6) is 0 Å². The average molecular weight is 307 g/mol. The van der Waals surface area contributed by atoms with Crippen molar-refractivity contribution in [3.05, 3.63) is 5.82 Å². The van der Waals surface area contributed by atoms with E-state index in [0.29, 0.717) is 17.5 Å². The van der Waals surface area contributed by atoms with Gasteiger partial charge in [0.25, 0.3) is 0 Å². The molecule has 1 N–H and O–H groups in total. The third-order valence-electron chi connectivity index (χ3n) is 2.06. The minimum absolute atomic E-state index is 0.130. The lowest BCUT2D eigenvalue weighted by atomic mass is 10.2. The van der Waals surface area contributed by atoms with Gasteiger partial charge in [-0.3, -0.25) is 4.79 Å². The minimum Gasteiger partial charge on any atom is -0.481 e. The van der Waals surface area contributed by atoms with Gasteiger partial charge in [0.15, 0.2) is 15.0 Å². The number of hydrogen-bond donors (Lipinski definition) is 1. The molecule has 1 rings (SSSR count). The number of carboxylic acids is 1. The second kappa shape index (κ2) is 6.38. The van der Waals surface area contributed by atoms with E-state index >= 15 is 0 Å². The predicted octanol–water partition coefficient (Wildman–Crippen LogP) is 0.655. The van der Waals surface area contributed by atoms with Gasteiger partial charge in [-0.05, 0) is 5.92 Å². The number of aromatic nitrogens is 3. The Hall–Kier alpha value is -1.09. The molecule has 19 heavy (non-hydrogen) atoms. The van der Waals surface area contributed by atoms with Gasteiger partial charge in [-0.2, -0.15) is 0 Å². The van der Waals surface area contributed by atoms with Crippen LogP contribution in [0, 0.1) is 5.92 Å². The molecule has 108 valence electrons. The zero-order chi connectivity index (χ0) is 14.6. The van der Waals surface area contributed by atoms with Gasteiger partial charge in [0, 0.05) is 12.8 Å². The highest BCUT2D eigenvalue weighted by molar-refractivity contribution is 7.99. The third kappa shape index (κ3) is 5.60. The molecule has 1 aromatic heterocycles. The van der Waals surface area contributed by atoms with Crippen LogP contribution in [0.1, 0.15) is 19.7 Å². The van der Waals surface area contributed by atoms with Crippen molar-refractivity contribution in [3.8, 4) is 0 Å². The first-order valence-electron chi connectivity index (χ1n) is 5.63. The lowest BCUT2D eigenvalue weighted by Gasteiger charge is -2.11. The van der Waals surface area contributed by atoms with Gasteiger partial charge in [0.1, 0.15) is 11.6 Å². The van der Waals surface area contributed by atoms with Crippen molar-refractivity contribution in [2.45, 2.75) is 31.3 Å². The molecule has 0 fully saturated rings. The Morgan fingerprint density at radius 1 is 1.42 bits per heavy atom. The second-order valence-corrected chi connectivity index (χ2v) is 7.74. The fourth-order valence-electron chi connectivity index (χ4n) is 1.44. The minimum atomic E-state index is -3.20. The lowest BCUT2D eigenvalue weighted by Crippen LogP contribution is -2.13. The highest BCUT2D eigenvalue weighted by Crippen LogP contribution is 2.19. The number of carbonyl (C=O) groups is 1. The van der Waals surface area contributed by atoms with Crippen molar-refractivity contribution < 1.29 is 18.3 Å². The van der Waals surface area contributed by atoms with Gasteiger partial charge in [0.2, 0.25) is 0 Å². The normalized spacial score (nSPS) is 12.0. The van der Waals surface area contributed by atoms with Crippen molar-refractivity contribution >= 4 is 27.6 Å². The summed E-state index contributed by atoms with van der Waals surface area (Å²) in [6, 6.07) is 0. The SMILES string of the molecule is CC(C)Cn1c(CS(C)(=O)=O)nnc1SCC(=O)O. The van der Waals surface area contributed by atoms with Crippen LogP contribution >= 0.6 is 11.8 Å². The summed E-state index contributed by atoms with van der Waals surface area (Å²) in [5, 5.41) is 16.8. The molecule has 0 radical (unpaired) electrons. The quantitative estimate of drug-likeness (QED) is 0.738. The Morgan fingerprint density at radius 3 is 2.53 bits per heavy atom. The third-order valence-corrected chi connectivity index (χ3v) is 3.79. The van der Waals surface area contributed by atoms with Crippen molar-refractivity contribution in [1.29, 1.82) is 0 Å².